The van der Waals surface area contributed by atoms with Crippen LogP contribution in [-0.4, -0.2) is 54.8 Å². The van der Waals surface area contributed by atoms with Gasteiger partial charge in [-0.1, -0.05) is 12.1 Å². The number of aryl methyl sites for hydroxylation is 1. The van der Waals surface area contributed by atoms with Crippen LogP contribution in [0, 0.1) is 0 Å². The summed E-state index contributed by atoms with van der Waals surface area (Å²) in [6, 6.07) is 1.93. The van der Waals surface area contributed by atoms with Crippen LogP contribution in [-0.2, 0) is 6.42 Å². The number of nitrogens with zero attached hydrogens (tertiary/aromatic N) is 5. The van der Waals surface area contributed by atoms with Crippen LogP contribution >= 0.6 is 0 Å². The molecule has 1 aliphatic rings. The lowest BCUT2D eigenvalue weighted by Gasteiger charge is -2.32. The van der Waals surface area contributed by atoms with Crippen LogP contribution in [0.25, 0.3) is 10.8 Å². The Bertz CT molecular complexity index is 998. The Morgan fingerprint density at radius 2 is 1.83 bits per heavy atom. The minimum absolute atomic E-state index is 0.294. The number of benzene rings is 1. The molecule has 0 aliphatic carbocycles. The van der Waals surface area contributed by atoms with Crippen LogP contribution in [0.3, 0.4) is 0 Å². The van der Waals surface area contributed by atoms with Crippen molar-refractivity contribution in [1.29, 1.82) is 0 Å². The molecule has 1 fully saturated rings. The van der Waals surface area contributed by atoms with Crippen molar-refractivity contribution in [3.8, 4) is 17.2 Å². The van der Waals surface area contributed by atoms with Gasteiger partial charge in [-0.05, 0) is 18.9 Å². The normalized spacial score (nSPS) is 15.0. The molecule has 3 aromatic rings. The van der Waals surface area contributed by atoms with E-state index in [4.69, 9.17) is 18.7 Å². The first-order valence-corrected chi connectivity index (χ1v) is 9.71. The summed E-state index contributed by atoms with van der Waals surface area (Å²) in [4.78, 5) is 6.73. The largest absolute Gasteiger partial charge is 0.493 e. The lowest BCUT2D eigenvalue weighted by Crippen LogP contribution is -2.34. The first-order valence-electron chi connectivity index (χ1n) is 9.71. The molecule has 2 aromatic heterocycles. The highest BCUT2D eigenvalue weighted by Gasteiger charge is 2.27. The van der Waals surface area contributed by atoms with E-state index in [2.05, 4.69) is 25.2 Å². The summed E-state index contributed by atoms with van der Waals surface area (Å²) >= 11 is 0. The lowest BCUT2D eigenvalue weighted by atomic mass is 9.96. The zero-order valence-corrected chi connectivity index (χ0v) is 17.1. The van der Waals surface area contributed by atoms with E-state index in [-0.39, 0.29) is 0 Å². The molecular formula is C20H25N5O4. The van der Waals surface area contributed by atoms with Gasteiger partial charge in [0.2, 0.25) is 11.6 Å². The Labute approximate surface area is 169 Å². The third-order valence-electron chi connectivity index (χ3n) is 5.39. The Hall–Kier alpha value is -3.10. The molecular weight excluding hydrogens is 374 g/mol. The molecule has 9 heteroatoms. The number of methoxy groups -OCH3 is 3. The fraction of sp³-hybridized carbons (Fsp3) is 0.500. The molecule has 0 saturated carbocycles. The molecule has 9 nitrogen and oxygen atoms in total. The fourth-order valence-electron chi connectivity index (χ4n) is 3.85. The topological polar surface area (TPSA) is 95.6 Å². The van der Waals surface area contributed by atoms with Gasteiger partial charge in [-0.3, -0.25) is 0 Å². The van der Waals surface area contributed by atoms with Crippen molar-refractivity contribution >= 4 is 16.6 Å². The summed E-state index contributed by atoms with van der Waals surface area (Å²) < 4.78 is 21.9. The monoisotopic (exact) mass is 399 g/mol. The Morgan fingerprint density at radius 3 is 2.45 bits per heavy atom. The van der Waals surface area contributed by atoms with E-state index in [0.717, 1.165) is 54.8 Å². The highest BCUT2D eigenvalue weighted by Crippen LogP contribution is 2.45. The highest BCUT2D eigenvalue weighted by atomic mass is 16.5. The van der Waals surface area contributed by atoms with Crippen LogP contribution in [0.5, 0.6) is 17.2 Å². The molecule has 1 aromatic carbocycles. The van der Waals surface area contributed by atoms with Gasteiger partial charge in [-0.25, -0.2) is 0 Å². The second-order valence-corrected chi connectivity index (χ2v) is 6.94. The van der Waals surface area contributed by atoms with Gasteiger partial charge in [0, 0.05) is 30.8 Å². The summed E-state index contributed by atoms with van der Waals surface area (Å²) in [6.45, 7) is 3.66. The zero-order chi connectivity index (χ0) is 20.4. The summed E-state index contributed by atoms with van der Waals surface area (Å²) in [7, 11) is 4.81. The molecule has 29 heavy (non-hydrogen) atoms. The molecule has 4 rings (SSSR count). The summed E-state index contributed by atoms with van der Waals surface area (Å²) in [6.07, 6.45) is 4.29. The van der Waals surface area contributed by atoms with Gasteiger partial charge in [0.25, 0.3) is 0 Å². The number of piperidine rings is 1. The number of hydrogen-bond donors (Lipinski definition) is 0. The SMILES string of the molecule is CCc1nc(C2CCN(c3nncc4c(OC)c(OC)c(OC)cc34)CC2)no1. The summed E-state index contributed by atoms with van der Waals surface area (Å²) in [5.41, 5.74) is 0. The predicted molar refractivity (Wildman–Crippen MR) is 107 cm³/mol. The number of hydrogen-bond acceptors (Lipinski definition) is 9. The van der Waals surface area contributed by atoms with Gasteiger partial charge < -0.3 is 23.6 Å². The van der Waals surface area contributed by atoms with Gasteiger partial charge >= 0.3 is 0 Å². The van der Waals surface area contributed by atoms with Crippen molar-refractivity contribution in [3.05, 3.63) is 24.0 Å². The van der Waals surface area contributed by atoms with Crippen LogP contribution in [0.15, 0.2) is 16.8 Å². The Balaban J connectivity index is 1.64. The van der Waals surface area contributed by atoms with E-state index in [1.165, 1.54) is 0 Å². The second-order valence-electron chi connectivity index (χ2n) is 6.94. The van der Waals surface area contributed by atoms with E-state index in [1.54, 1.807) is 27.5 Å². The van der Waals surface area contributed by atoms with E-state index >= 15 is 0 Å². The second kappa shape index (κ2) is 8.10. The number of anilines is 1. The standard InChI is InChI=1S/C20H25N5O4/c1-5-16-22-19(24-29-16)12-6-8-25(9-7-12)20-13-10-15(26-2)18(28-4)17(27-3)14(13)11-21-23-20/h10-12H,5-9H2,1-4H3. The minimum Gasteiger partial charge on any atom is -0.493 e. The van der Waals surface area contributed by atoms with Crippen LogP contribution in [0.1, 0.15) is 37.4 Å². The molecule has 0 unspecified atom stereocenters. The van der Waals surface area contributed by atoms with E-state index in [1.807, 2.05) is 13.0 Å². The van der Waals surface area contributed by atoms with Crippen LogP contribution in [0.2, 0.25) is 0 Å². The van der Waals surface area contributed by atoms with Gasteiger partial charge in [-0.2, -0.15) is 10.1 Å². The molecule has 0 bridgehead atoms. The third kappa shape index (κ3) is 3.41. The predicted octanol–water partition coefficient (Wildman–Crippen LogP) is 2.99. The highest BCUT2D eigenvalue weighted by molar-refractivity contribution is 5.99. The Morgan fingerprint density at radius 1 is 1.07 bits per heavy atom. The van der Waals surface area contributed by atoms with Gasteiger partial charge in [-0.15, -0.1) is 5.10 Å². The van der Waals surface area contributed by atoms with E-state index < -0.39 is 0 Å². The smallest absolute Gasteiger partial charge is 0.226 e. The minimum atomic E-state index is 0.294. The molecule has 0 atom stereocenters. The average Bonchev–Trinajstić information content (AvgIpc) is 3.26. The number of ether oxygens (including phenoxy) is 3. The maximum atomic E-state index is 5.60. The zero-order valence-electron chi connectivity index (χ0n) is 17.1. The van der Waals surface area contributed by atoms with Crippen molar-refractivity contribution in [2.75, 3.05) is 39.3 Å². The number of fused-ring (bicyclic) bond motifs is 1. The number of aromatic nitrogens is 4. The Kier molecular flexibility index (Phi) is 5.37. The van der Waals surface area contributed by atoms with Crippen molar-refractivity contribution in [1.82, 2.24) is 20.3 Å². The van der Waals surface area contributed by atoms with Crippen molar-refractivity contribution < 1.29 is 18.7 Å². The molecule has 0 N–H and O–H groups in total. The summed E-state index contributed by atoms with van der Waals surface area (Å²) in [5.74, 6) is 4.33. The average molecular weight is 399 g/mol. The fourth-order valence-corrected chi connectivity index (χ4v) is 3.85. The van der Waals surface area contributed by atoms with Gasteiger partial charge in [0.1, 0.15) is 0 Å². The molecule has 1 saturated heterocycles. The van der Waals surface area contributed by atoms with Gasteiger partial charge in [0.05, 0.1) is 32.9 Å². The van der Waals surface area contributed by atoms with Crippen LogP contribution < -0.4 is 19.1 Å². The van der Waals surface area contributed by atoms with E-state index in [9.17, 15) is 0 Å². The van der Waals surface area contributed by atoms with Crippen molar-refractivity contribution in [2.45, 2.75) is 32.1 Å². The first-order chi connectivity index (χ1) is 14.2. The lowest BCUT2D eigenvalue weighted by molar-refractivity contribution is 0.327. The molecule has 0 spiro atoms. The first kappa shape index (κ1) is 19.2. The third-order valence-corrected chi connectivity index (χ3v) is 5.39. The van der Waals surface area contributed by atoms with Gasteiger partial charge in [0.15, 0.2) is 23.1 Å². The maximum Gasteiger partial charge on any atom is 0.226 e. The van der Waals surface area contributed by atoms with Crippen molar-refractivity contribution in [3.63, 3.8) is 0 Å². The van der Waals surface area contributed by atoms with Crippen LogP contribution in [0.4, 0.5) is 5.82 Å². The summed E-state index contributed by atoms with van der Waals surface area (Å²) in [5, 5.41) is 14.5. The molecule has 1 aliphatic heterocycles. The molecule has 3 heterocycles. The molecule has 0 radical (unpaired) electrons. The number of rotatable bonds is 6. The maximum absolute atomic E-state index is 5.60. The molecule has 0 amide bonds. The van der Waals surface area contributed by atoms with E-state index in [0.29, 0.717) is 29.1 Å². The quantitative estimate of drug-likeness (QED) is 0.620. The van der Waals surface area contributed by atoms with Crippen molar-refractivity contribution in [2.24, 2.45) is 0 Å². The molecule has 154 valence electrons.